The van der Waals surface area contributed by atoms with Crippen molar-refractivity contribution >= 4 is 11.6 Å². The molecule has 0 aliphatic rings. The molecular formula is C19H20F3NO3. The maximum atomic E-state index is 12.2. The van der Waals surface area contributed by atoms with Gasteiger partial charge in [0, 0.05) is 11.8 Å². The largest absolute Gasteiger partial charge is 0.493 e. The number of nitrogens with one attached hydrogen (secondary N) is 1. The average Bonchev–Trinajstić information content (AvgIpc) is 2.55. The predicted molar refractivity (Wildman–Crippen MR) is 92.6 cm³/mol. The Labute approximate surface area is 149 Å². The Morgan fingerprint density at radius 3 is 2.54 bits per heavy atom. The molecule has 0 spiro atoms. The SMILES string of the molecule is Cc1ccc(OCCC(=O)Nc2cccc(OCC(F)(F)F)c2)c(C)c1. The summed E-state index contributed by atoms with van der Waals surface area (Å²) in [5.74, 6) is 0.445. The van der Waals surface area contributed by atoms with Crippen LogP contribution in [-0.2, 0) is 4.79 Å². The van der Waals surface area contributed by atoms with Crippen LogP contribution in [0.1, 0.15) is 17.5 Å². The van der Waals surface area contributed by atoms with E-state index in [1.165, 1.54) is 18.2 Å². The van der Waals surface area contributed by atoms with Crippen molar-refractivity contribution in [2.75, 3.05) is 18.5 Å². The number of hydrogen-bond donors (Lipinski definition) is 1. The van der Waals surface area contributed by atoms with Gasteiger partial charge in [-0.25, -0.2) is 0 Å². The lowest BCUT2D eigenvalue weighted by atomic mass is 10.1. The zero-order valence-corrected chi connectivity index (χ0v) is 14.5. The van der Waals surface area contributed by atoms with Crippen LogP contribution in [0.2, 0.25) is 0 Å². The van der Waals surface area contributed by atoms with E-state index in [-0.39, 0.29) is 24.7 Å². The number of halogens is 3. The van der Waals surface area contributed by atoms with Crippen LogP contribution in [0.3, 0.4) is 0 Å². The van der Waals surface area contributed by atoms with Gasteiger partial charge in [-0.1, -0.05) is 23.8 Å². The van der Waals surface area contributed by atoms with Gasteiger partial charge in [-0.05, 0) is 37.6 Å². The molecule has 0 fully saturated rings. The van der Waals surface area contributed by atoms with E-state index < -0.39 is 12.8 Å². The van der Waals surface area contributed by atoms with Gasteiger partial charge in [-0.2, -0.15) is 13.2 Å². The molecule has 0 bridgehead atoms. The maximum Gasteiger partial charge on any atom is 0.422 e. The van der Waals surface area contributed by atoms with Crippen LogP contribution >= 0.6 is 0 Å². The van der Waals surface area contributed by atoms with Gasteiger partial charge in [0.15, 0.2) is 6.61 Å². The predicted octanol–water partition coefficient (Wildman–Crippen LogP) is 4.65. The van der Waals surface area contributed by atoms with Gasteiger partial charge < -0.3 is 14.8 Å². The van der Waals surface area contributed by atoms with Crippen molar-refractivity contribution in [3.8, 4) is 11.5 Å². The number of carbonyl (C=O) groups is 1. The summed E-state index contributed by atoms with van der Waals surface area (Å²) in [4.78, 5) is 12.0. The minimum atomic E-state index is -4.41. The van der Waals surface area contributed by atoms with E-state index in [1.54, 1.807) is 6.07 Å². The monoisotopic (exact) mass is 367 g/mol. The van der Waals surface area contributed by atoms with Crippen LogP contribution in [0.15, 0.2) is 42.5 Å². The fourth-order valence-corrected chi connectivity index (χ4v) is 2.27. The Hall–Kier alpha value is -2.70. The van der Waals surface area contributed by atoms with Gasteiger partial charge in [0.25, 0.3) is 0 Å². The van der Waals surface area contributed by atoms with Crippen molar-refractivity contribution in [3.63, 3.8) is 0 Å². The summed E-state index contributed by atoms with van der Waals surface area (Å²) in [6.07, 6.45) is -4.30. The molecule has 2 aromatic carbocycles. The molecule has 0 saturated carbocycles. The highest BCUT2D eigenvalue weighted by Gasteiger charge is 2.28. The molecule has 0 aromatic heterocycles. The van der Waals surface area contributed by atoms with Crippen molar-refractivity contribution in [2.45, 2.75) is 26.4 Å². The Bertz CT molecular complexity index is 760. The van der Waals surface area contributed by atoms with Crippen LogP contribution in [0.25, 0.3) is 0 Å². The molecule has 2 rings (SSSR count). The molecule has 0 radical (unpaired) electrons. The van der Waals surface area contributed by atoms with E-state index in [2.05, 4.69) is 10.1 Å². The summed E-state index contributed by atoms with van der Waals surface area (Å²) < 4.78 is 46.8. The van der Waals surface area contributed by atoms with Gasteiger partial charge in [0.1, 0.15) is 11.5 Å². The summed E-state index contributed by atoms with van der Waals surface area (Å²) in [5, 5.41) is 2.61. The molecule has 7 heteroatoms. The molecule has 0 saturated heterocycles. The quantitative estimate of drug-likeness (QED) is 0.775. The number of rotatable bonds is 7. The number of ether oxygens (including phenoxy) is 2. The van der Waals surface area contributed by atoms with Crippen molar-refractivity contribution < 1.29 is 27.4 Å². The van der Waals surface area contributed by atoms with Crippen LogP contribution in [0, 0.1) is 13.8 Å². The van der Waals surface area contributed by atoms with Gasteiger partial charge in [0.05, 0.1) is 13.0 Å². The highest BCUT2D eigenvalue weighted by molar-refractivity contribution is 5.90. The first kappa shape index (κ1) is 19.6. The number of amides is 1. The van der Waals surface area contributed by atoms with Crippen LogP contribution in [-0.4, -0.2) is 25.3 Å². The lowest BCUT2D eigenvalue weighted by Crippen LogP contribution is -2.19. The molecule has 26 heavy (non-hydrogen) atoms. The highest BCUT2D eigenvalue weighted by atomic mass is 19.4. The third-order valence-corrected chi connectivity index (χ3v) is 3.44. The van der Waals surface area contributed by atoms with E-state index in [9.17, 15) is 18.0 Å². The summed E-state index contributed by atoms with van der Waals surface area (Å²) in [6.45, 7) is 2.72. The molecule has 140 valence electrons. The molecule has 0 unspecified atom stereocenters. The number of alkyl halides is 3. The van der Waals surface area contributed by atoms with E-state index in [0.29, 0.717) is 11.4 Å². The number of aryl methyl sites for hydroxylation is 2. The van der Waals surface area contributed by atoms with E-state index >= 15 is 0 Å². The maximum absolute atomic E-state index is 12.2. The third kappa shape index (κ3) is 6.66. The lowest BCUT2D eigenvalue weighted by molar-refractivity contribution is -0.153. The summed E-state index contributed by atoms with van der Waals surface area (Å²) in [7, 11) is 0. The fourth-order valence-electron chi connectivity index (χ4n) is 2.27. The first-order valence-electron chi connectivity index (χ1n) is 8.02. The number of carbonyl (C=O) groups excluding carboxylic acids is 1. The van der Waals surface area contributed by atoms with Crippen molar-refractivity contribution in [1.82, 2.24) is 0 Å². The molecule has 0 aliphatic carbocycles. The molecule has 0 atom stereocenters. The fraction of sp³-hybridized carbons (Fsp3) is 0.316. The normalized spacial score (nSPS) is 11.1. The molecule has 1 N–H and O–H groups in total. The molecular weight excluding hydrogens is 347 g/mol. The number of benzene rings is 2. The minimum absolute atomic E-state index is 0.0339. The average molecular weight is 367 g/mol. The first-order valence-corrected chi connectivity index (χ1v) is 8.02. The number of hydrogen-bond acceptors (Lipinski definition) is 3. The van der Waals surface area contributed by atoms with Crippen LogP contribution in [0.4, 0.5) is 18.9 Å². The molecule has 2 aromatic rings. The van der Waals surface area contributed by atoms with Gasteiger partial charge in [-0.3, -0.25) is 4.79 Å². The van der Waals surface area contributed by atoms with E-state index in [4.69, 9.17) is 4.74 Å². The molecule has 4 nitrogen and oxygen atoms in total. The van der Waals surface area contributed by atoms with E-state index in [0.717, 1.165) is 11.1 Å². The zero-order chi connectivity index (χ0) is 19.2. The molecule has 0 aliphatic heterocycles. The Kier molecular flexibility index (Phi) is 6.49. The third-order valence-electron chi connectivity index (χ3n) is 3.44. The van der Waals surface area contributed by atoms with Crippen LogP contribution < -0.4 is 14.8 Å². The highest BCUT2D eigenvalue weighted by Crippen LogP contribution is 2.22. The summed E-state index contributed by atoms with van der Waals surface area (Å²) in [5.41, 5.74) is 2.47. The standard InChI is InChI=1S/C19H20F3NO3/c1-13-6-7-17(14(2)10-13)25-9-8-18(24)23-15-4-3-5-16(11-15)26-12-19(20,21)22/h3-7,10-11H,8-9,12H2,1-2H3,(H,23,24). The smallest absolute Gasteiger partial charge is 0.422 e. The Morgan fingerprint density at radius 2 is 1.85 bits per heavy atom. The summed E-state index contributed by atoms with van der Waals surface area (Å²) in [6, 6.07) is 11.6. The molecule has 0 heterocycles. The van der Waals surface area contributed by atoms with Crippen molar-refractivity contribution in [3.05, 3.63) is 53.6 Å². The topological polar surface area (TPSA) is 47.6 Å². The second-order valence-corrected chi connectivity index (χ2v) is 5.85. The minimum Gasteiger partial charge on any atom is -0.493 e. The second kappa shape index (κ2) is 8.60. The van der Waals surface area contributed by atoms with Gasteiger partial charge in [-0.15, -0.1) is 0 Å². The Morgan fingerprint density at radius 1 is 1.08 bits per heavy atom. The van der Waals surface area contributed by atoms with Crippen molar-refractivity contribution in [1.29, 1.82) is 0 Å². The molecule has 1 amide bonds. The lowest BCUT2D eigenvalue weighted by Gasteiger charge is -2.12. The Balaban J connectivity index is 1.82. The van der Waals surface area contributed by atoms with E-state index in [1.807, 2.05) is 32.0 Å². The summed E-state index contributed by atoms with van der Waals surface area (Å²) >= 11 is 0. The van der Waals surface area contributed by atoms with Crippen molar-refractivity contribution in [2.24, 2.45) is 0 Å². The number of anilines is 1. The van der Waals surface area contributed by atoms with Crippen LogP contribution in [0.5, 0.6) is 11.5 Å². The first-order chi connectivity index (χ1) is 12.2. The zero-order valence-electron chi connectivity index (χ0n) is 14.5. The van der Waals surface area contributed by atoms with Gasteiger partial charge >= 0.3 is 6.18 Å². The second-order valence-electron chi connectivity index (χ2n) is 5.85. The van der Waals surface area contributed by atoms with Gasteiger partial charge in [0.2, 0.25) is 5.91 Å².